The normalized spacial score (nSPS) is 9.75. The zero-order valence-corrected chi connectivity index (χ0v) is 10.5. The third-order valence-electron chi connectivity index (χ3n) is 1.98. The molecule has 0 unspecified atom stereocenters. The van der Waals surface area contributed by atoms with Gasteiger partial charge in [0.05, 0.1) is 5.69 Å². The van der Waals surface area contributed by atoms with E-state index in [1.165, 1.54) is 0 Å². The minimum Gasteiger partial charge on any atom is -0.350 e. The molecule has 0 saturated heterocycles. The Balaban J connectivity index is 2.58. The average Bonchev–Trinajstić information content (AvgIpc) is 2.73. The molecule has 4 nitrogen and oxygen atoms in total. The van der Waals surface area contributed by atoms with Crippen LogP contribution in [0.4, 0.5) is 0 Å². The van der Waals surface area contributed by atoms with Gasteiger partial charge in [0.25, 0.3) is 5.91 Å². The zero-order valence-electron chi connectivity index (χ0n) is 9.70. The minimum absolute atomic E-state index is 0.100. The molecule has 1 aromatic rings. The van der Waals surface area contributed by atoms with Gasteiger partial charge in [0, 0.05) is 13.0 Å². The molecule has 1 rings (SSSR count). The van der Waals surface area contributed by atoms with Crippen LogP contribution in [0.1, 0.15) is 48.5 Å². The van der Waals surface area contributed by atoms with Gasteiger partial charge >= 0.3 is 0 Å². The van der Waals surface area contributed by atoms with Gasteiger partial charge < -0.3 is 5.32 Å². The lowest BCUT2D eigenvalue weighted by atomic mass is 10.1. The molecule has 0 fully saturated rings. The topological polar surface area (TPSA) is 54.9 Å². The first-order chi connectivity index (χ1) is 7.66. The highest BCUT2D eigenvalue weighted by Gasteiger charge is 2.17. The van der Waals surface area contributed by atoms with Crippen molar-refractivity contribution in [3.05, 3.63) is 10.6 Å². The van der Waals surface area contributed by atoms with Crippen molar-refractivity contribution in [2.75, 3.05) is 6.54 Å². The first-order valence-corrected chi connectivity index (χ1v) is 5.94. The molecule has 0 aliphatic rings. The van der Waals surface area contributed by atoms with Gasteiger partial charge in [0.1, 0.15) is 4.88 Å². The quantitative estimate of drug-likeness (QED) is 0.642. The monoisotopic (exact) mass is 237 g/mol. The van der Waals surface area contributed by atoms with Crippen LogP contribution in [-0.2, 0) is 0 Å². The second kappa shape index (κ2) is 6.23. The fourth-order valence-electron chi connectivity index (χ4n) is 1.18. The van der Waals surface area contributed by atoms with Crippen molar-refractivity contribution in [3.8, 4) is 11.8 Å². The van der Waals surface area contributed by atoms with Gasteiger partial charge in [-0.1, -0.05) is 18.3 Å². The van der Waals surface area contributed by atoms with Crippen LogP contribution in [-0.4, -0.2) is 22.0 Å². The van der Waals surface area contributed by atoms with Crippen molar-refractivity contribution in [3.63, 3.8) is 0 Å². The predicted molar refractivity (Wildman–Crippen MR) is 64.4 cm³/mol. The number of aromatic nitrogens is 2. The first kappa shape index (κ1) is 12.7. The van der Waals surface area contributed by atoms with Crippen molar-refractivity contribution in [2.24, 2.45) is 0 Å². The summed E-state index contributed by atoms with van der Waals surface area (Å²) >= 11 is 1.14. The number of carbonyl (C=O) groups excluding carboxylic acids is 1. The van der Waals surface area contributed by atoms with Crippen molar-refractivity contribution >= 4 is 17.4 Å². The van der Waals surface area contributed by atoms with Crippen molar-refractivity contribution < 1.29 is 4.79 Å². The lowest BCUT2D eigenvalue weighted by molar-refractivity contribution is 0.0957. The van der Waals surface area contributed by atoms with E-state index >= 15 is 0 Å². The van der Waals surface area contributed by atoms with Gasteiger partial charge in [0.2, 0.25) is 0 Å². The number of nitrogens with zero attached hydrogens (tertiary/aromatic N) is 2. The highest BCUT2D eigenvalue weighted by molar-refractivity contribution is 7.08. The summed E-state index contributed by atoms with van der Waals surface area (Å²) in [6, 6.07) is 0. The Morgan fingerprint density at radius 3 is 2.94 bits per heavy atom. The molecule has 5 heteroatoms. The molecule has 16 heavy (non-hydrogen) atoms. The molecular formula is C11H15N3OS. The van der Waals surface area contributed by atoms with Crippen LogP contribution in [0, 0.1) is 11.8 Å². The summed E-state index contributed by atoms with van der Waals surface area (Å²) in [6.45, 7) is 6.34. The highest BCUT2D eigenvalue weighted by atomic mass is 32.1. The maximum absolute atomic E-state index is 11.8. The van der Waals surface area contributed by atoms with Gasteiger partial charge in [0.15, 0.2) is 0 Å². The van der Waals surface area contributed by atoms with E-state index in [0.29, 0.717) is 17.8 Å². The molecule has 0 spiro atoms. The van der Waals surface area contributed by atoms with Crippen LogP contribution in [0.15, 0.2) is 0 Å². The Morgan fingerprint density at radius 2 is 2.31 bits per heavy atom. The molecule has 0 atom stereocenters. The number of nitrogens with one attached hydrogen (secondary N) is 1. The van der Waals surface area contributed by atoms with E-state index in [1.807, 2.05) is 13.8 Å². The van der Waals surface area contributed by atoms with Crippen LogP contribution in [0.25, 0.3) is 0 Å². The summed E-state index contributed by atoms with van der Waals surface area (Å²) in [5, 5.41) is 6.77. The Kier molecular flexibility index (Phi) is 4.93. The predicted octanol–water partition coefficient (Wildman–Crippen LogP) is 1.80. The van der Waals surface area contributed by atoms with Crippen LogP contribution >= 0.6 is 11.5 Å². The van der Waals surface area contributed by atoms with Crippen molar-refractivity contribution in [1.29, 1.82) is 0 Å². The summed E-state index contributed by atoms with van der Waals surface area (Å²) in [7, 11) is 0. The van der Waals surface area contributed by atoms with Crippen LogP contribution in [0.2, 0.25) is 0 Å². The molecular weight excluding hydrogens is 222 g/mol. The molecule has 0 aromatic carbocycles. The third-order valence-corrected chi connectivity index (χ3v) is 2.72. The number of amides is 1. The van der Waals surface area contributed by atoms with E-state index in [2.05, 4.69) is 26.7 Å². The number of hydrogen-bond donors (Lipinski definition) is 1. The van der Waals surface area contributed by atoms with Crippen molar-refractivity contribution in [2.45, 2.75) is 33.1 Å². The summed E-state index contributed by atoms with van der Waals surface area (Å²) in [6.07, 6.45) is 0.672. The Bertz CT molecular complexity index is 414. The molecule has 1 N–H and O–H groups in total. The van der Waals surface area contributed by atoms with Crippen LogP contribution in [0.3, 0.4) is 0 Å². The Morgan fingerprint density at radius 1 is 1.56 bits per heavy atom. The largest absolute Gasteiger partial charge is 0.350 e. The Hall–Kier alpha value is -1.41. The van der Waals surface area contributed by atoms with Crippen molar-refractivity contribution in [1.82, 2.24) is 14.9 Å². The molecule has 86 valence electrons. The molecule has 0 saturated carbocycles. The molecule has 0 aliphatic carbocycles. The number of hydrogen-bond acceptors (Lipinski definition) is 4. The number of rotatable bonds is 4. The van der Waals surface area contributed by atoms with Gasteiger partial charge in [-0.3, -0.25) is 4.79 Å². The molecule has 0 radical (unpaired) electrons. The van der Waals surface area contributed by atoms with Gasteiger partial charge in [-0.25, -0.2) is 0 Å². The lowest BCUT2D eigenvalue weighted by Crippen LogP contribution is -2.24. The summed E-state index contributed by atoms with van der Waals surface area (Å²) in [5.74, 6) is 5.79. The van der Waals surface area contributed by atoms with E-state index in [1.54, 1.807) is 6.92 Å². The number of carbonyl (C=O) groups is 1. The summed E-state index contributed by atoms with van der Waals surface area (Å²) in [4.78, 5) is 12.4. The molecule has 0 bridgehead atoms. The minimum atomic E-state index is -0.100. The molecule has 1 amide bonds. The highest BCUT2D eigenvalue weighted by Crippen LogP contribution is 2.19. The maximum atomic E-state index is 11.8. The second-order valence-electron chi connectivity index (χ2n) is 3.57. The smallest absolute Gasteiger partial charge is 0.264 e. The average molecular weight is 237 g/mol. The summed E-state index contributed by atoms with van der Waals surface area (Å²) < 4.78 is 3.81. The van der Waals surface area contributed by atoms with E-state index in [0.717, 1.165) is 17.2 Å². The van der Waals surface area contributed by atoms with E-state index in [9.17, 15) is 4.79 Å². The molecule has 1 aromatic heterocycles. The lowest BCUT2D eigenvalue weighted by Gasteiger charge is -2.04. The molecule has 0 aliphatic heterocycles. The fraction of sp³-hybridized carbons (Fsp3) is 0.545. The Labute approximate surface area is 99.6 Å². The van der Waals surface area contributed by atoms with E-state index in [4.69, 9.17) is 0 Å². The third kappa shape index (κ3) is 3.31. The first-order valence-electron chi connectivity index (χ1n) is 5.16. The van der Waals surface area contributed by atoms with Crippen LogP contribution in [0.5, 0.6) is 0 Å². The van der Waals surface area contributed by atoms with Gasteiger partial charge in [-0.2, -0.15) is 0 Å². The zero-order chi connectivity index (χ0) is 12.0. The van der Waals surface area contributed by atoms with Crippen LogP contribution < -0.4 is 5.32 Å². The summed E-state index contributed by atoms with van der Waals surface area (Å²) in [5.41, 5.74) is 0.768. The SMILES string of the molecule is CC#CCCNC(=O)c1snnc1C(C)C. The van der Waals surface area contributed by atoms with Gasteiger partial charge in [-0.15, -0.1) is 16.9 Å². The maximum Gasteiger partial charge on any atom is 0.264 e. The van der Waals surface area contributed by atoms with Gasteiger partial charge in [-0.05, 0) is 24.4 Å². The second-order valence-corrected chi connectivity index (χ2v) is 4.33. The van der Waals surface area contributed by atoms with E-state index < -0.39 is 0 Å². The fourth-order valence-corrected chi connectivity index (χ4v) is 1.91. The van der Waals surface area contributed by atoms with E-state index in [-0.39, 0.29) is 11.8 Å². The molecule has 1 heterocycles. The standard InChI is InChI=1S/C11H15N3OS/c1-4-5-6-7-12-11(15)10-9(8(2)3)13-14-16-10/h8H,6-7H2,1-3H3,(H,12,15).